The van der Waals surface area contributed by atoms with Crippen molar-refractivity contribution in [3.63, 3.8) is 0 Å². The standard InChI is InChI=1S/C16H12FN6O2/c1-9-8-23(16(24)25-9)11-3-4-12(13(17)6-11)10-2-5-14(18-7-10)15-19-21-22-20-15/h2-7,9H,1,8H2,(H,19,20,21,22)/t9-/m1/s1. The van der Waals surface area contributed by atoms with Crippen LogP contribution >= 0.6 is 0 Å². The molecule has 1 aliphatic heterocycles. The number of nitrogens with zero attached hydrogens (tertiary/aromatic N) is 5. The topological polar surface area (TPSA) is 96.9 Å². The number of H-pyrrole nitrogens is 1. The molecule has 3 aromatic rings. The van der Waals surface area contributed by atoms with E-state index in [0.717, 1.165) is 0 Å². The first-order chi connectivity index (χ1) is 12.1. The van der Waals surface area contributed by atoms with Crippen LogP contribution in [0.5, 0.6) is 0 Å². The van der Waals surface area contributed by atoms with Crippen LogP contribution in [0.4, 0.5) is 14.9 Å². The van der Waals surface area contributed by atoms with Gasteiger partial charge >= 0.3 is 6.09 Å². The van der Waals surface area contributed by atoms with Gasteiger partial charge in [-0.15, -0.1) is 10.2 Å². The quantitative estimate of drug-likeness (QED) is 0.786. The maximum absolute atomic E-state index is 14.5. The van der Waals surface area contributed by atoms with Gasteiger partial charge in [0.05, 0.1) is 12.2 Å². The van der Waals surface area contributed by atoms with Crippen molar-refractivity contribution in [1.29, 1.82) is 0 Å². The van der Waals surface area contributed by atoms with Crippen LogP contribution in [-0.4, -0.2) is 44.4 Å². The minimum atomic E-state index is -0.529. The van der Waals surface area contributed by atoms with E-state index in [0.29, 0.717) is 34.9 Å². The first-order valence-corrected chi connectivity index (χ1v) is 7.43. The van der Waals surface area contributed by atoms with Crippen molar-refractivity contribution in [2.24, 2.45) is 0 Å². The Morgan fingerprint density at radius 1 is 1.32 bits per heavy atom. The van der Waals surface area contributed by atoms with Crippen LogP contribution in [0.3, 0.4) is 0 Å². The lowest BCUT2D eigenvalue weighted by molar-refractivity contribution is 0.159. The maximum atomic E-state index is 14.5. The molecule has 1 fully saturated rings. The molecule has 1 aliphatic rings. The van der Waals surface area contributed by atoms with E-state index in [1.54, 1.807) is 24.3 Å². The molecule has 1 N–H and O–H groups in total. The number of tetrazole rings is 1. The highest BCUT2D eigenvalue weighted by molar-refractivity contribution is 5.90. The fraction of sp³-hybridized carbons (Fsp3) is 0.125. The van der Waals surface area contributed by atoms with E-state index < -0.39 is 18.0 Å². The molecule has 2 aromatic heterocycles. The molecule has 9 heteroatoms. The van der Waals surface area contributed by atoms with Crippen LogP contribution in [0.1, 0.15) is 0 Å². The number of benzene rings is 1. The number of anilines is 1. The monoisotopic (exact) mass is 339 g/mol. The van der Waals surface area contributed by atoms with Gasteiger partial charge in [-0.3, -0.25) is 9.88 Å². The molecule has 0 bridgehead atoms. The largest absolute Gasteiger partial charge is 0.444 e. The van der Waals surface area contributed by atoms with Gasteiger partial charge in [-0.05, 0) is 36.4 Å². The van der Waals surface area contributed by atoms with Gasteiger partial charge in [0.15, 0.2) is 0 Å². The first-order valence-electron chi connectivity index (χ1n) is 7.43. The fourth-order valence-corrected chi connectivity index (χ4v) is 2.59. The second kappa shape index (κ2) is 5.93. The average molecular weight is 339 g/mol. The Bertz CT molecular complexity index is 913. The summed E-state index contributed by atoms with van der Waals surface area (Å²) in [5.41, 5.74) is 1.91. The summed E-state index contributed by atoms with van der Waals surface area (Å²) >= 11 is 0. The molecule has 1 radical (unpaired) electrons. The highest BCUT2D eigenvalue weighted by Gasteiger charge is 2.29. The number of halogens is 1. The number of carbonyl (C=O) groups excluding carboxylic acids is 1. The second-order valence-electron chi connectivity index (χ2n) is 5.45. The van der Waals surface area contributed by atoms with E-state index in [1.165, 1.54) is 17.2 Å². The molecule has 1 saturated heterocycles. The number of carbonyl (C=O) groups is 1. The molecule has 3 heterocycles. The van der Waals surface area contributed by atoms with E-state index in [-0.39, 0.29) is 0 Å². The summed E-state index contributed by atoms with van der Waals surface area (Å²) in [5, 5.41) is 13.5. The molecule has 0 unspecified atom stereocenters. The van der Waals surface area contributed by atoms with Crippen molar-refractivity contribution in [2.75, 3.05) is 11.4 Å². The number of aromatic amines is 1. The Kier molecular flexibility index (Phi) is 3.60. The molecule has 1 aromatic carbocycles. The third kappa shape index (κ3) is 2.80. The molecule has 1 amide bonds. The van der Waals surface area contributed by atoms with Gasteiger partial charge in [0.2, 0.25) is 5.82 Å². The van der Waals surface area contributed by atoms with Gasteiger partial charge in [0.25, 0.3) is 0 Å². The Labute approximate surface area is 141 Å². The number of hydrogen-bond acceptors (Lipinski definition) is 6. The number of hydrogen-bond donors (Lipinski definition) is 1. The van der Waals surface area contributed by atoms with Crippen LogP contribution < -0.4 is 4.90 Å². The van der Waals surface area contributed by atoms with E-state index in [9.17, 15) is 9.18 Å². The van der Waals surface area contributed by atoms with Crippen LogP contribution in [-0.2, 0) is 4.74 Å². The molecule has 25 heavy (non-hydrogen) atoms. The van der Waals surface area contributed by atoms with Gasteiger partial charge in [-0.1, -0.05) is 6.07 Å². The minimum absolute atomic E-state index is 0.290. The van der Waals surface area contributed by atoms with Crippen molar-refractivity contribution < 1.29 is 13.9 Å². The summed E-state index contributed by atoms with van der Waals surface area (Å²) in [6, 6.07) is 7.94. The molecule has 0 saturated carbocycles. The summed E-state index contributed by atoms with van der Waals surface area (Å²) in [6.45, 7) is 3.97. The lowest BCUT2D eigenvalue weighted by Crippen LogP contribution is -2.24. The molecule has 0 spiro atoms. The first kappa shape index (κ1) is 15.2. The van der Waals surface area contributed by atoms with Crippen molar-refractivity contribution in [3.05, 3.63) is 49.3 Å². The molecule has 8 nitrogen and oxygen atoms in total. The third-order valence-corrected chi connectivity index (χ3v) is 3.79. The van der Waals surface area contributed by atoms with Crippen LogP contribution in [0.25, 0.3) is 22.6 Å². The van der Waals surface area contributed by atoms with E-state index >= 15 is 0 Å². The van der Waals surface area contributed by atoms with Crippen molar-refractivity contribution in [2.45, 2.75) is 6.10 Å². The number of cyclic esters (lactones) is 1. The van der Waals surface area contributed by atoms with Gasteiger partial charge < -0.3 is 4.74 Å². The van der Waals surface area contributed by atoms with Crippen molar-refractivity contribution in [1.82, 2.24) is 25.6 Å². The SMILES string of the molecule is [CH2][C@@H]1CN(c2ccc(-c3ccc(-c4nn[nH]n4)nc3)c(F)c2)C(=O)O1. The number of rotatable bonds is 3. The normalized spacial score (nSPS) is 17.0. The van der Waals surface area contributed by atoms with Crippen molar-refractivity contribution in [3.8, 4) is 22.6 Å². The predicted molar refractivity (Wildman–Crippen MR) is 85.8 cm³/mol. The zero-order valence-corrected chi connectivity index (χ0v) is 12.9. The van der Waals surface area contributed by atoms with E-state index in [1.807, 2.05) is 0 Å². The Hall–Kier alpha value is -3.36. The number of aromatic nitrogens is 5. The highest BCUT2D eigenvalue weighted by Crippen LogP contribution is 2.29. The summed E-state index contributed by atoms with van der Waals surface area (Å²) in [5.74, 6) is -0.107. The lowest BCUT2D eigenvalue weighted by atomic mass is 10.1. The van der Waals surface area contributed by atoms with Crippen LogP contribution in [0.2, 0.25) is 0 Å². The molecule has 0 aliphatic carbocycles. The maximum Gasteiger partial charge on any atom is 0.414 e. The highest BCUT2D eigenvalue weighted by atomic mass is 19.1. The number of ether oxygens (including phenoxy) is 1. The minimum Gasteiger partial charge on any atom is -0.444 e. The smallest absolute Gasteiger partial charge is 0.414 e. The van der Waals surface area contributed by atoms with Gasteiger partial charge in [0, 0.05) is 17.3 Å². The van der Waals surface area contributed by atoms with Crippen LogP contribution in [0.15, 0.2) is 36.5 Å². The number of amides is 1. The van der Waals surface area contributed by atoms with Gasteiger partial charge in [-0.2, -0.15) is 5.21 Å². The molecular weight excluding hydrogens is 327 g/mol. The Morgan fingerprint density at radius 2 is 2.20 bits per heavy atom. The summed E-state index contributed by atoms with van der Waals surface area (Å²) < 4.78 is 19.5. The predicted octanol–water partition coefficient (Wildman–Crippen LogP) is 2.23. The molecular formula is C16H12FN6O2. The summed E-state index contributed by atoms with van der Waals surface area (Å²) in [7, 11) is 0. The number of nitrogens with one attached hydrogen (secondary N) is 1. The fourth-order valence-electron chi connectivity index (χ4n) is 2.59. The van der Waals surface area contributed by atoms with Gasteiger partial charge in [0.1, 0.15) is 17.6 Å². The van der Waals surface area contributed by atoms with Crippen LogP contribution in [0, 0.1) is 12.7 Å². The molecule has 4 rings (SSSR count). The zero-order chi connectivity index (χ0) is 17.4. The molecule has 1 atom stereocenters. The Morgan fingerprint density at radius 3 is 2.80 bits per heavy atom. The van der Waals surface area contributed by atoms with E-state index in [2.05, 4.69) is 32.5 Å². The zero-order valence-electron chi connectivity index (χ0n) is 12.9. The molecule has 125 valence electrons. The Balaban J connectivity index is 1.62. The van der Waals surface area contributed by atoms with E-state index in [4.69, 9.17) is 4.74 Å². The summed E-state index contributed by atoms with van der Waals surface area (Å²) in [6.07, 6.45) is 0.537. The summed E-state index contributed by atoms with van der Waals surface area (Å²) in [4.78, 5) is 17.3. The lowest BCUT2D eigenvalue weighted by Gasteiger charge is -2.14. The average Bonchev–Trinajstić information content (AvgIpc) is 3.25. The van der Waals surface area contributed by atoms with Crippen molar-refractivity contribution >= 4 is 11.8 Å². The number of pyridine rings is 1. The second-order valence-corrected chi connectivity index (χ2v) is 5.45. The third-order valence-electron chi connectivity index (χ3n) is 3.79. The van der Waals surface area contributed by atoms with Gasteiger partial charge in [-0.25, -0.2) is 9.18 Å².